The summed E-state index contributed by atoms with van der Waals surface area (Å²) < 4.78 is 10.5. The molecule has 0 saturated carbocycles. The zero-order valence-electron chi connectivity index (χ0n) is 14.4. The van der Waals surface area contributed by atoms with E-state index in [0.29, 0.717) is 22.9 Å². The maximum Gasteiger partial charge on any atom is 0.255 e. The molecule has 1 amide bonds. The predicted molar refractivity (Wildman–Crippen MR) is 99.7 cm³/mol. The van der Waals surface area contributed by atoms with Crippen molar-refractivity contribution < 1.29 is 14.3 Å². The quantitative estimate of drug-likeness (QED) is 0.693. The van der Waals surface area contributed by atoms with Crippen LogP contribution in [0.2, 0.25) is 5.02 Å². The van der Waals surface area contributed by atoms with Crippen molar-refractivity contribution in [2.75, 3.05) is 14.2 Å². The SMILES string of the molecule is COc1cccc(-c2[nH]ncc2CNC(=O)c2ccc(Cl)cc2OC)c1. The molecule has 6 nitrogen and oxygen atoms in total. The molecule has 0 atom stereocenters. The third-order valence-electron chi connectivity index (χ3n) is 3.92. The van der Waals surface area contributed by atoms with Gasteiger partial charge in [0.05, 0.1) is 31.7 Å². The lowest BCUT2D eigenvalue weighted by molar-refractivity contribution is 0.0948. The predicted octanol–water partition coefficient (Wildman–Crippen LogP) is 3.68. The van der Waals surface area contributed by atoms with Crippen LogP contribution in [0.3, 0.4) is 0 Å². The molecule has 0 radical (unpaired) electrons. The Kier molecular flexibility index (Phi) is 5.43. The van der Waals surface area contributed by atoms with Gasteiger partial charge in [-0.2, -0.15) is 5.10 Å². The molecule has 2 N–H and O–H groups in total. The molecule has 134 valence electrons. The third kappa shape index (κ3) is 3.81. The Morgan fingerprint density at radius 1 is 1.19 bits per heavy atom. The first-order valence-electron chi connectivity index (χ1n) is 7.90. The number of rotatable bonds is 6. The third-order valence-corrected chi connectivity index (χ3v) is 4.16. The van der Waals surface area contributed by atoms with E-state index < -0.39 is 0 Å². The van der Waals surface area contributed by atoms with E-state index in [1.807, 2.05) is 24.3 Å². The number of methoxy groups -OCH3 is 2. The molecule has 1 aromatic heterocycles. The first-order chi connectivity index (χ1) is 12.6. The fourth-order valence-corrected chi connectivity index (χ4v) is 2.76. The van der Waals surface area contributed by atoms with Crippen molar-refractivity contribution in [2.24, 2.45) is 0 Å². The van der Waals surface area contributed by atoms with Crippen molar-refractivity contribution in [3.05, 3.63) is 64.8 Å². The molecule has 0 saturated heterocycles. The van der Waals surface area contributed by atoms with Crippen molar-refractivity contribution in [3.8, 4) is 22.8 Å². The number of aromatic amines is 1. The normalized spacial score (nSPS) is 10.4. The maximum atomic E-state index is 12.5. The average molecular weight is 372 g/mol. The summed E-state index contributed by atoms with van der Waals surface area (Å²) in [5.41, 5.74) is 3.03. The van der Waals surface area contributed by atoms with Crippen LogP contribution in [-0.4, -0.2) is 30.3 Å². The van der Waals surface area contributed by atoms with Crippen molar-refractivity contribution in [1.82, 2.24) is 15.5 Å². The Morgan fingerprint density at radius 2 is 2.04 bits per heavy atom. The van der Waals surface area contributed by atoms with Gasteiger partial charge >= 0.3 is 0 Å². The van der Waals surface area contributed by atoms with Gasteiger partial charge in [-0.05, 0) is 30.3 Å². The minimum atomic E-state index is -0.253. The molecule has 0 unspecified atom stereocenters. The van der Waals surface area contributed by atoms with Gasteiger partial charge < -0.3 is 14.8 Å². The van der Waals surface area contributed by atoms with E-state index >= 15 is 0 Å². The molecule has 2 aromatic carbocycles. The van der Waals surface area contributed by atoms with Crippen molar-refractivity contribution in [2.45, 2.75) is 6.54 Å². The van der Waals surface area contributed by atoms with Crippen molar-refractivity contribution >= 4 is 17.5 Å². The van der Waals surface area contributed by atoms with Crippen LogP contribution in [-0.2, 0) is 6.54 Å². The summed E-state index contributed by atoms with van der Waals surface area (Å²) in [4.78, 5) is 12.5. The molecular weight excluding hydrogens is 354 g/mol. The Bertz CT molecular complexity index is 924. The number of H-pyrrole nitrogens is 1. The maximum absolute atomic E-state index is 12.5. The molecule has 0 aliphatic carbocycles. The van der Waals surface area contributed by atoms with Crippen LogP contribution in [0.25, 0.3) is 11.3 Å². The van der Waals surface area contributed by atoms with Crippen LogP contribution >= 0.6 is 11.6 Å². The lowest BCUT2D eigenvalue weighted by Gasteiger charge is -2.10. The van der Waals surface area contributed by atoms with E-state index in [2.05, 4.69) is 15.5 Å². The lowest BCUT2D eigenvalue weighted by atomic mass is 10.1. The van der Waals surface area contributed by atoms with Gasteiger partial charge in [-0.15, -0.1) is 0 Å². The first kappa shape index (κ1) is 17.8. The molecule has 1 heterocycles. The number of carbonyl (C=O) groups excluding carboxylic acids is 1. The summed E-state index contributed by atoms with van der Waals surface area (Å²) >= 11 is 5.94. The summed E-state index contributed by atoms with van der Waals surface area (Å²) in [5, 5.41) is 10.4. The van der Waals surface area contributed by atoms with E-state index in [9.17, 15) is 4.79 Å². The average Bonchev–Trinajstić information content (AvgIpc) is 3.14. The summed E-state index contributed by atoms with van der Waals surface area (Å²) in [6.07, 6.45) is 1.69. The second-order valence-corrected chi connectivity index (χ2v) is 5.97. The first-order valence-corrected chi connectivity index (χ1v) is 8.28. The van der Waals surface area contributed by atoms with Crippen LogP contribution in [0.15, 0.2) is 48.7 Å². The number of hydrogen-bond donors (Lipinski definition) is 2. The molecule has 0 aliphatic rings. The molecule has 3 aromatic rings. The molecular formula is C19H18ClN3O3. The fourth-order valence-electron chi connectivity index (χ4n) is 2.60. The topological polar surface area (TPSA) is 76.2 Å². The number of halogens is 1. The molecule has 0 bridgehead atoms. The summed E-state index contributed by atoms with van der Waals surface area (Å²) in [5.74, 6) is 0.921. The number of nitrogens with zero attached hydrogens (tertiary/aromatic N) is 1. The number of ether oxygens (including phenoxy) is 2. The number of benzene rings is 2. The van der Waals surface area contributed by atoms with Crippen LogP contribution in [0.1, 0.15) is 15.9 Å². The van der Waals surface area contributed by atoms with Crippen LogP contribution in [0.5, 0.6) is 11.5 Å². The van der Waals surface area contributed by atoms with E-state index in [1.54, 1.807) is 31.5 Å². The highest BCUT2D eigenvalue weighted by Gasteiger charge is 2.14. The molecule has 0 aliphatic heterocycles. The smallest absolute Gasteiger partial charge is 0.255 e. The molecule has 0 spiro atoms. The second-order valence-electron chi connectivity index (χ2n) is 5.53. The van der Waals surface area contributed by atoms with Crippen molar-refractivity contribution in [1.29, 1.82) is 0 Å². The largest absolute Gasteiger partial charge is 0.497 e. The summed E-state index contributed by atoms with van der Waals surface area (Å²) in [7, 11) is 3.12. The zero-order chi connectivity index (χ0) is 18.5. The molecule has 3 rings (SSSR count). The number of nitrogens with one attached hydrogen (secondary N) is 2. The van der Waals surface area contributed by atoms with Gasteiger partial charge in [-0.25, -0.2) is 0 Å². The van der Waals surface area contributed by atoms with E-state index in [4.69, 9.17) is 21.1 Å². The van der Waals surface area contributed by atoms with Gasteiger partial charge in [0.1, 0.15) is 11.5 Å². The van der Waals surface area contributed by atoms with Gasteiger partial charge in [-0.3, -0.25) is 9.89 Å². The van der Waals surface area contributed by atoms with Crippen LogP contribution in [0.4, 0.5) is 0 Å². The van der Waals surface area contributed by atoms with Crippen LogP contribution in [0, 0.1) is 0 Å². The second kappa shape index (κ2) is 7.93. The molecule has 7 heteroatoms. The Hall–Kier alpha value is -2.99. The van der Waals surface area contributed by atoms with Gasteiger partial charge in [0.25, 0.3) is 5.91 Å². The Morgan fingerprint density at radius 3 is 2.81 bits per heavy atom. The fraction of sp³-hybridized carbons (Fsp3) is 0.158. The van der Waals surface area contributed by atoms with E-state index in [0.717, 1.165) is 22.6 Å². The number of carbonyl (C=O) groups is 1. The minimum Gasteiger partial charge on any atom is -0.497 e. The molecule has 26 heavy (non-hydrogen) atoms. The van der Waals surface area contributed by atoms with Gasteiger partial charge in [-0.1, -0.05) is 23.7 Å². The Labute approximate surface area is 156 Å². The standard InChI is InChI=1S/C19H18ClN3O3/c1-25-15-5-3-4-12(8-15)18-13(11-22-23-18)10-21-19(24)16-7-6-14(20)9-17(16)26-2/h3-9,11H,10H2,1-2H3,(H,21,24)(H,22,23). The van der Waals surface area contributed by atoms with Gasteiger partial charge in [0, 0.05) is 22.7 Å². The highest BCUT2D eigenvalue weighted by atomic mass is 35.5. The summed E-state index contributed by atoms with van der Waals surface area (Å²) in [6, 6.07) is 12.5. The number of amides is 1. The van der Waals surface area contributed by atoms with E-state index in [1.165, 1.54) is 7.11 Å². The zero-order valence-corrected chi connectivity index (χ0v) is 15.1. The van der Waals surface area contributed by atoms with Crippen molar-refractivity contribution in [3.63, 3.8) is 0 Å². The van der Waals surface area contributed by atoms with Gasteiger partial charge in [0.15, 0.2) is 0 Å². The lowest BCUT2D eigenvalue weighted by Crippen LogP contribution is -2.23. The van der Waals surface area contributed by atoms with Gasteiger partial charge in [0.2, 0.25) is 0 Å². The number of hydrogen-bond acceptors (Lipinski definition) is 4. The minimum absolute atomic E-state index is 0.253. The van der Waals surface area contributed by atoms with E-state index in [-0.39, 0.29) is 5.91 Å². The highest BCUT2D eigenvalue weighted by Crippen LogP contribution is 2.26. The molecule has 0 fully saturated rings. The van der Waals surface area contributed by atoms with Crippen LogP contribution < -0.4 is 14.8 Å². The summed E-state index contributed by atoms with van der Waals surface area (Å²) in [6.45, 7) is 0.313. The number of aromatic nitrogens is 2. The monoisotopic (exact) mass is 371 g/mol. The Balaban J connectivity index is 1.77. The highest BCUT2D eigenvalue weighted by molar-refractivity contribution is 6.30.